The van der Waals surface area contributed by atoms with Crippen molar-refractivity contribution in [1.82, 2.24) is 0 Å². The maximum atomic E-state index is 12.7. The molecular formula is C19H17BrO4. The minimum absolute atomic E-state index is 0.0297. The van der Waals surface area contributed by atoms with Crippen molar-refractivity contribution in [1.29, 1.82) is 0 Å². The quantitative estimate of drug-likeness (QED) is 0.792. The summed E-state index contributed by atoms with van der Waals surface area (Å²) in [6, 6.07) is 9.02. The molecule has 1 aliphatic rings. The number of hydrogen-bond acceptors (Lipinski definition) is 4. The van der Waals surface area contributed by atoms with Crippen LogP contribution >= 0.6 is 15.9 Å². The van der Waals surface area contributed by atoms with E-state index >= 15 is 0 Å². The van der Waals surface area contributed by atoms with E-state index in [2.05, 4.69) is 15.9 Å². The van der Waals surface area contributed by atoms with Gasteiger partial charge in [-0.15, -0.1) is 0 Å². The first-order valence-electron chi connectivity index (χ1n) is 7.52. The fourth-order valence-electron chi connectivity index (χ4n) is 2.85. The summed E-state index contributed by atoms with van der Waals surface area (Å²) in [7, 11) is 3.11. The zero-order chi connectivity index (χ0) is 17.3. The Morgan fingerprint density at radius 2 is 1.92 bits per heavy atom. The molecule has 3 rings (SSSR count). The number of ketones is 1. The average Bonchev–Trinajstić information content (AvgIpc) is 2.60. The Labute approximate surface area is 148 Å². The monoisotopic (exact) mass is 388 g/mol. The van der Waals surface area contributed by atoms with Gasteiger partial charge in [-0.25, -0.2) is 0 Å². The second kappa shape index (κ2) is 6.69. The molecule has 0 aromatic heterocycles. The van der Waals surface area contributed by atoms with E-state index in [-0.39, 0.29) is 11.5 Å². The first-order valence-corrected chi connectivity index (χ1v) is 8.31. The molecule has 4 nitrogen and oxygen atoms in total. The van der Waals surface area contributed by atoms with Crippen LogP contribution in [0.5, 0.6) is 17.2 Å². The third-order valence-electron chi connectivity index (χ3n) is 4.12. The number of aromatic hydroxyl groups is 1. The fraction of sp³-hybridized carbons (Fsp3) is 0.211. The van der Waals surface area contributed by atoms with E-state index in [1.165, 1.54) is 7.11 Å². The molecule has 0 saturated heterocycles. The molecule has 1 aliphatic carbocycles. The smallest absolute Gasteiger partial charge is 0.189 e. The summed E-state index contributed by atoms with van der Waals surface area (Å²) in [5, 5.41) is 9.89. The molecule has 124 valence electrons. The van der Waals surface area contributed by atoms with Gasteiger partial charge in [0.2, 0.25) is 0 Å². The third kappa shape index (κ3) is 3.04. The molecule has 0 amide bonds. The van der Waals surface area contributed by atoms with Gasteiger partial charge in [0.1, 0.15) is 5.75 Å². The van der Waals surface area contributed by atoms with Crippen molar-refractivity contribution in [3.63, 3.8) is 0 Å². The standard InChI is InChI=1S/C19H17BrO4/c1-23-14-5-6-15-12(10-14)3-4-13(18(15)21)7-11-8-16(20)19(22)17(9-11)24-2/h5-10,22H,3-4H2,1-2H3. The van der Waals surface area contributed by atoms with Crippen molar-refractivity contribution >= 4 is 27.8 Å². The van der Waals surface area contributed by atoms with Crippen LogP contribution in [0.25, 0.3) is 6.08 Å². The maximum absolute atomic E-state index is 12.7. The fourth-order valence-corrected chi connectivity index (χ4v) is 3.31. The van der Waals surface area contributed by atoms with Gasteiger partial charge in [0.05, 0.1) is 18.7 Å². The van der Waals surface area contributed by atoms with E-state index in [9.17, 15) is 9.90 Å². The molecule has 0 spiro atoms. The summed E-state index contributed by atoms with van der Waals surface area (Å²) in [4.78, 5) is 12.7. The van der Waals surface area contributed by atoms with E-state index < -0.39 is 0 Å². The lowest BCUT2D eigenvalue weighted by Crippen LogP contribution is -2.14. The van der Waals surface area contributed by atoms with Gasteiger partial charge in [0, 0.05) is 11.1 Å². The number of carbonyl (C=O) groups excluding carboxylic acids is 1. The van der Waals surface area contributed by atoms with Gasteiger partial charge in [0.25, 0.3) is 0 Å². The number of halogens is 1. The molecule has 2 aromatic carbocycles. The first-order chi connectivity index (χ1) is 11.5. The summed E-state index contributed by atoms with van der Waals surface area (Å²) < 4.78 is 10.9. The Kier molecular flexibility index (Phi) is 4.62. The first kappa shape index (κ1) is 16.6. The Hall–Kier alpha value is -2.27. The van der Waals surface area contributed by atoms with Gasteiger partial charge in [0.15, 0.2) is 17.3 Å². The number of aryl methyl sites for hydroxylation is 1. The Morgan fingerprint density at radius 1 is 1.12 bits per heavy atom. The Bertz CT molecular complexity index is 840. The van der Waals surface area contributed by atoms with Crippen LogP contribution in [0, 0.1) is 0 Å². The minimum atomic E-state index is 0.0297. The summed E-state index contributed by atoms with van der Waals surface area (Å²) in [5.74, 6) is 1.21. The van der Waals surface area contributed by atoms with Gasteiger partial charge in [-0.05, 0) is 76.3 Å². The van der Waals surface area contributed by atoms with Crippen LogP contribution in [-0.2, 0) is 6.42 Å². The maximum Gasteiger partial charge on any atom is 0.189 e. The number of fused-ring (bicyclic) bond motifs is 1. The normalized spacial score (nSPS) is 15.3. The molecule has 0 radical (unpaired) electrons. The molecule has 0 bridgehead atoms. The molecule has 0 atom stereocenters. The molecule has 0 fully saturated rings. The van der Waals surface area contributed by atoms with Crippen LogP contribution in [0.2, 0.25) is 0 Å². The van der Waals surface area contributed by atoms with E-state index in [0.29, 0.717) is 16.6 Å². The lowest BCUT2D eigenvalue weighted by Gasteiger charge is -2.18. The van der Waals surface area contributed by atoms with Gasteiger partial charge in [-0.2, -0.15) is 0 Å². The minimum Gasteiger partial charge on any atom is -0.503 e. The molecular weight excluding hydrogens is 372 g/mol. The van der Waals surface area contributed by atoms with E-state index in [1.807, 2.05) is 18.2 Å². The van der Waals surface area contributed by atoms with Crippen LogP contribution in [-0.4, -0.2) is 25.1 Å². The number of ether oxygens (including phenoxy) is 2. The third-order valence-corrected chi connectivity index (χ3v) is 4.73. The van der Waals surface area contributed by atoms with Gasteiger partial charge >= 0.3 is 0 Å². The zero-order valence-corrected chi connectivity index (χ0v) is 15.0. The number of rotatable bonds is 3. The second-order valence-electron chi connectivity index (χ2n) is 5.58. The van der Waals surface area contributed by atoms with E-state index in [1.54, 1.807) is 25.3 Å². The van der Waals surface area contributed by atoms with Crippen molar-refractivity contribution < 1.29 is 19.4 Å². The van der Waals surface area contributed by atoms with E-state index in [4.69, 9.17) is 9.47 Å². The molecule has 5 heteroatoms. The second-order valence-corrected chi connectivity index (χ2v) is 6.43. The molecule has 0 aliphatic heterocycles. The van der Waals surface area contributed by atoms with Crippen LogP contribution in [0.4, 0.5) is 0 Å². The van der Waals surface area contributed by atoms with Crippen LogP contribution in [0.3, 0.4) is 0 Å². The van der Waals surface area contributed by atoms with Crippen LogP contribution in [0.1, 0.15) is 27.9 Å². The largest absolute Gasteiger partial charge is 0.503 e. The number of benzene rings is 2. The van der Waals surface area contributed by atoms with Crippen LogP contribution in [0.15, 0.2) is 40.4 Å². The highest BCUT2D eigenvalue weighted by Crippen LogP contribution is 2.37. The van der Waals surface area contributed by atoms with Crippen molar-refractivity contribution in [2.75, 3.05) is 14.2 Å². The Balaban J connectivity index is 1.97. The van der Waals surface area contributed by atoms with E-state index in [0.717, 1.165) is 34.4 Å². The number of methoxy groups -OCH3 is 2. The highest BCUT2D eigenvalue weighted by atomic mass is 79.9. The lowest BCUT2D eigenvalue weighted by molar-refractivity contribution is 0.102. The average molecular weight is 389 g/mol. The Morgan fingerprint density at radius 3 is 2.62 bits per heavy atom. The van der Waals surface area contributed by atoms with Gasteiger partial charge < -0.3 is 14.6 Å². The number of hydrogen-bond donors (Lipinski definition) is 1. The molecule has 2 aromatic rings. The molecule has 0 saturated carbocycles. The predicted octanol–water partition coefficient (Wildman–Crippen LogP) is 4.38. The SMILES string of the molecule is COc1ccc2c(c1)CCC(=Cc1cc(Br)c(O)c(OC)c1)C2=O. The number of Topliss-reactive ketones (excluding diaryl/α,β-unsaturated/α-hetero) is 1. The highest BCUT2D eigenvalue weighted by molar-refractivity contribution is 9.10. The molecule has 1 N–H and O–H groups in total. The highest BCUT2D eigenvalue weighted by Gasteiger charge is 2.22. The van der Waals surface area contributed by atoms with Crippen molar-refractivity contribution in [2.24, 2.45) is 0 Å². The summed E-state index contributed by atoms with van der Waals surface area (Å²) in [5.41, 5.74) is 3.28. The number of phenols is 1. The topological polar surface area (TPSA) is 55.8 Å². The number of carbonyl (C=O) groups is 1. The molecule has 24 heavy (non-hydrogen) atoms. The summed E-state index contributed by atoms with van der Waals surface area (Å²) in [6.07, 6.45) is 3.31. The summed E-state index contributed by atoms with van der Waals surface area (Å²) >= 11 is 3.30. The lowest BCUT2D eigenvalue weighted by atomic mass is 9.86. The van der Waals surface area contributed by atoms with Crippen molar-refractivity contribution in [3.05, 3.63) is 57.1 Å². The van der Waals surface area contributed by atoms with Gasteiger partial charge in [-0.1, -0.05) is 0 Å². The van der Waals surface area contributed by atoms with Gasteiger partial charge in [-0.3, -0.25) is 4.79 Å². The zero-order valence-electron chi connectivity index (χ0n) is 13.4. The van der Waals surface area contributed by atoms with Crippen molar-refractivity contribution in [3.8, 4) is 17.2 Å². The predicted molar refractivity (Wildman–Crippen MR) is 96.0 cm³/mol. The molecule has 0 unspecified atom stereocenters. The number of phenolic OH excluding ortho intramolecular Hbond substituents is 1. The van der Waals surface area contributed by atoms with Crippen LogP contribution < -0.4 is 9.47 Å². The summed E-state index contributed by atoms with van der Waals surface area (Å²) in [6.45, 7) is 0. The molecule has 0 heterocycles. The number of allylic oxidation sites excluding steroid dienone is 1. The van der Waals surface area contributed by atoms with Crippen molar-refractivity contribution in [2.45, 2.75) is 12.8 Å².